The highest BCUT2D eigenvalue weighted by atomic mass is 16.4. The average Bonchev–Trinajstić information content (AvgIpc) is 2.44. The predicted molar refractivity (Wildman–Crippen MR) is 80.0 cm³/mol. The first-order valence-corrected chi connectivity index (χ1v) is 7.44. The number of carbonyl (C=O) groups is 3. The molecule has 0 bridgehead atoms. The van der Waals surface area contributed by atoms with E-state index in [1.54, 1.807) is 11.8 Å². The third kappa shape index (κ3) is 8.88. The van der Waals surface area contributed by atoms with Crippen LogP contribution in [0.25, 0.3) is 0 Å². The number of carboxylic acids is 1. The molecule has 0 aliphatic heterocycles. The van der Waals surface area contributed by atoms with Gasteiger partial charge in [-0.15, -0.1) is 0 Å². The largest absolute Gasteiger partial charge is 0.481 e. The SMILES string of the molecule is CCN(CC)C(=O)CCNC(=O)NCCCC(C)C(=O)O. The topological polar surface area (TPSA) is 98.7 Å². The fourth-order valence-electron chi connectivity index (χ4n) is 1.81. The molecule has 1 atom stereocenters. The van der Waals surface area contributed by atoms with Crippen LogP contribution in [0, 0.1) is 5.92 Å². The summed E-state index contributed by atoms with van der Waals surface area (Å²) in [6.45, 7) is 7.53. The lowest BCUT2D eigenvalue weighted by Crippen LogP contribution is -2.39. The summed E-state index contributed by atoms with van der Waals surface area (Å²) < 4.78 is 0. The molecular weight excluding hydrogens is 274 g/mol. The highest BCUT2D eigenvalue weighted by molar-refractivity contribution is 5.78. The quantitative estimate of drug-likeness (QED) is 0.525. The number of hydrogen-bond donors (Lipinski definition) is 3. The normalized spacial score (nSPS) is 11.6. The van der Waals surface area contributed by atoms with Gasteiger partial charge in [0.15, 0.2) is 0 Å². The smallest absolute Gasteiger partial charge is 0.314 e. The van der Waals surface area contributed by atoms with Crippen LogP contribution < -0.4 is 10.6 Å². The molecule has 0 aliphatic carbocycles. The van der Waals surface area contributed by atoms with E-state index in [4.69, 9.17) is 5.11 Å². The van der Waals surface area contributed by atoms with Crippen molar-refractivity contribution in [3.8, 4) is 0 Å². The van der Waals surface area contributed by atoms with Crippen molar-refractivity contribution in [1.29, 1.82) is 0 Å². The Bertz CT molecular complexity index is 343. The van der Waals surface area contributed by atoms with Crippen molar-refractivity contribution >= 4 is 17.9 Å². The van der Waals surface area contributed by atoms with E-state index in [-0.39, 0.29) is 18.4 Å². The van der Waals surface area contributed by atoms with Crippen molar-refractivity contribution in [3.63, 3.8) is 0 Å². The number of amides is 3. The van der Waals surface area contributed by atoms with Gasteiger partial charge in [-0.3, -0.25) is 9.59 Å². The van der Waals surface area contributed by atoms with Crippen LogP contribution >= 0.6 is 0 Å². The Morgan fingerprint density at radius 3 is 2.19 bits per heavy atom. The van der Waals surface area contributed by atoms with E-state index in [9.17, 15) is 14.4 Å². The van der Waals surface area contributed by atoms with Crippen LogP contribution in [0.5, 0.6) is 0 Å². The molecule has 7 nitrogen and oxygen atoms in total. The Morgan fingerprint density at radius 2 is 1.67 bits per heavy atom. The second-order valence-electron chi connectivity index (χ2n) is 4.88. The zero-order chi connectivity index (χ0) is 16.3. The average molecular weight is 301 g/mol. The minimum atomic E-state index is -0.825. The Morgan fingerprint density at radius 1 is 1.10 bits per heavy atom. The van der Waals surface area contributed by atoms with Gasteiger partial charge in [0, 0.05) is 32.6 Å². The van der Waals surface area contributed by atoms with Crippen LogP contribution in [0.4, 0.5) is 4.79 Å². The second kappa shape index (κ2) is 10.9. The molecule has 3 N–H and O–H groups in total. The highest BCUT2D eigenvalue weighted by Crippen LogP contribution is 2.03. The standard InChI is InChI=1S/C14H27N3O4/c1-4-17(5-2)12(18)8-10-16-14(21)15-9-6-7-11(3)13(19)20/h11H,4-10H2,1-3H3,(H,19,20)(H2,15,16,21). The van der Waals surface area contributed by atoms with Gasteiger partial charge in [-0.2, -0.15) is 0 Å². The molecular formula is C14H27N3O4. The highest BCUT2D eigenvalue weighted by Gasteiger charge is 2.11. The lowest BCUT2D eigenvalue weighted by molar-refractivity contribution is -0.141. The molecule has 0 aliphatic rings. The van der Waals surface area contributed by atoms with Gasteiger partial charge in [0.05, 0.1) is 5.92 Å². The molecule has 1 unspecified atom stereocenters. The first-order valence-electron chi connectivity index (χ1n) is 7.44. The molecule has 0 fully saturated rings. The number of aliphatic carboxylic acids is 1. The lowest BCUT2D eigenvalue weighted by atomic mass is 10.1. The summed E-state index contributed by atoms with van der Waals surface area (Å²) in [4.78, 5) is 35.4. The second-order valence-corrected chi connectivity index (χ2v) is 4.88. The third-order valence-electron chi connectivity index (χ3n) is 3.26. The van der Waals surface area contributed by atoms with Crippen molar-refractivity contribution in [2.24, 2.45) is 5.92 Å². The summed E-state index contributed by atoms with van der Waals surface area (Å²) in [5, 5.41) is 14.0. The number of nitrogens with one attached hydrogen (secondary N) is 2. The summed E-state index contributed by atoms with van der Waals surface area (Å²) in [7, 11) is 0. The Balaban J connectivity index is 3.68. The Kier molecular flexibility index (Phi) is 10.0. The molecule has 0 aromatic rings. The van der Waals surface area contributed by atoms with Crippen LogP contribution in [0.15, 0.2) is 0 Å². The van der Waals surface area contributed by atoms with E-state index in [2.05, 4.69) is 10.6 Å². The van der Waals surface area contributed by atoms with Gasteiger partial charge in [0.1, 0.15) is 0 Å². The fourth-order valence-corrected chi connectivity index (χ4v) is 1.81. The van der Waals surface area contributed by atoms with E-state index in [1.807, 2.05) is 13.8 Å². The van der Waals surface area contributed by atoms with Gasteiger partial charge in [-0.1, -0.05) is 6.92 Å². The molecule has 0 saturated heterocycles. The molecule has 0 heterocycles. The zero-order valence-electron chi connectivity index (χ0n) is 13.1. The first-order chi connectivity index (χ1) is 9.92. The molecule has 0 rings (SSSR count). The van der Waals surface area contributed by atoms with E-state index < -0.39 is 11.9 Å². The summed E-state index contributed by atoms with van der Waals surface area (Å²) >= 11 is 0. The molecule has 0 spiro atoms. The number of carbonyl (C=O) groups excluding carboxylic acids is 2. The fraction of sp³-hybridized carbons (Fsp3) is 0.786. The molecule has 21 heavy (non-hydrogen) atoms. The molecule has 0 aromatic carbocycles. The summed E-state index contributed by atoms with van der Waals surface area (Å²) in [6, 6.07) is -0.328. The lowest BCUT2D eigenvalue weighted by Gasteiger charge is -2.18. The molecule has 0 radical (unpaired) electrons. The summed E-state index contributed by atoms with van der Waals surface area (Å²) in [6.07, 6.45) is 1.42. The van der Waals surface area contributed by atoms with Crippen LogP contribution in [-0.4, -0.2) is 54.1 Å². The predicted octanol–water partition coefficient (Wildman–Crippen LogP) is 1.05. The van der Waals surface area contributed by atoms with E-state index in [0.29, 0.717) is 39.0 Å². The summed E-state index contributed by atoms with van der Waals surface area (Å²) in [5.74, 6) is -1.20. The number of rotatable bonds is 10. The third-order valence-corrected chi connectivity index (χ3v) is 3.26. The van der Waals surface area contributed by atoms with Gasteiger partial charge in [0.2, 0.25) is 5.91 Å². The number of urea groups is 1. The summed E-state index contributed by atoms with van der Waals surface area (Å²) in [5.41, 5.74) is 0. The van der Waals surface area contributed by atoms with Gasteiger partial charge in [0.25, 0.3) is 0 Å². The molecule has 7 heteroatoms. The van der Waals surface area contributed by atoms with Gasteiger partial charge in [-0.25, -0.2) is 4.79 Å². The molecule has 0 saturated carbocycles. The van der Waals surface area contributed by atoms with Crippen LogP contribution in [0.2, 0.25) is 0 Å². The van der Waals surface area contributed by atoms with Crippen molar-refractivity contribution in [1.82, 2.24) is 15.5 Å². The maximum Gasteiger partial charge on any atom is 0.314 e. The van der Waals surface area contributed by atoms with E-state index >= 15 is 0 Å². The van der Waals surface area contributed by atoms with E-state index in [0.717, 1.165) is 0 Å². The minimum Gasteiger partial charge on any atom is -0.481 e. The number of nitrogens with zero attached hydrogens (tertiary/aromatic N) is 1. The van der Waals surface area contributed by atoms with Gasteiger partial charge >= 0.3 is 12.0 Å². The van der Waals surface area contributed by atoms with Crippen LogP contribution in [0.1, 0.15) is 40.0 Å². The number of carboxylic acid groups (broad SMARTS) is 1. The van der Waals surface area contributed by atoms with Gasteiger partial charge < -0.3 is 20.6 Å². The zero-order valence-corrected chi connectivity index (χ0v) is 13.1. The van der Waals surface area contributed by atoms with Crippen molar-refractivity contribution in [2.75, 3.05) is 26.2 Å². The maximum atomic E-state index is 11.7. The first kappa shape index (κ1) is 19.2. The molecule has 3 amide bonds. The minimum absolute atomic E-state index is 0.0237. The van der Waals surface area contributed by atoms with Crippen molar-refractivity contribution in [2.45, 2.75) is 40.0 Å². The molecule has 0 aromatic heterocycles. The maximum absolute atomic E-state index is 11.7. The molecule has 122 valence electrons. The van der Waals surface area contributed by atoms with Crippen molar-refractivity contribution in [3.05, 3.63) is 0 Å². The van der Waals surface area contributed by atoms with Crippen LogP contribution in [0.3, 0.4) is 0 Å². The van der Waals surface area contributed by atoms with Crippen LogP contribution in [-0.2, 0) is 9.59 Å². The van der Waals surface area contributed by atoms with E-state index in [1.165, 1.54) is 0 Å². The monoisotopic (exact) mass is 301 g/mol. The van der Waals surface area contributed by atoms with Gasteiger partial charge in [-0.05, 0) is 26.7 Å². The van der Waals surface area contributed by atoms with Crippen molar-refractivity contribution < 1.29 is 19.5 Å². The Labute approximate surface area is 126 Å². The Hall–Kier alpha value is -1.79. The number of hydrogen-bond acceptors (Lipinski definition) is 3.